The summed E-state index contributed by atoms with van der Waals surface area (Å²) in [4.78, 5) is 12.0. The van der Waals surface area contributed by atoms with Gasteiger partial charge in [-0.05, 0) is 37.6 Å². The number of para-hydroxylation sites is 1. The summed E-state index contributed by atoms with van der Waals surface area (Å²) in [6, 6.07) is 17.3. The number of hydrogen-bond acceptors (Lipinski definition) is 5. The number of fused-ring (bicyclic) bond motifs is 1. The second kappa shape index (κ2) is 10.8. The zero-order valence-electron chi connectivity index (χ0n) is 16.4. The molecule has 2 aromatic carbocycles. The normalized spacial score (nSPS) is 17.3. The van der Waals surface area contributed by atoms with Gasteiger partial charge < -0.3 is 20.0 Å². The van der Waals surface area contributed by atoms with E-state index >= 15 is 0 Å². The van der Waals surface area contributed by atoms with Crippen LogP contribution in [0.1, 0.15) is 29.7 Å². The van der Waals surface area contributed by atoms with Crippen molar-refractivity contribution in [3.05, 3.63) is 65.2 Å². The molecule has 0 spiro atoms. The molecule has 0 radical (unpaired) electrons. The van der Waals surface area contributed by atoms with Gasteiger partial charge in [-0.1, -0.05) is 42.5 Å². The van der Waals surface area contributed by atoms with E-state index < -0.39 is 0 Å². The average Bonchev–Trinajstić information content (AvgIpc) is 2.68. The van der Waals surface area contributed by atoms with Crippen molar-refractivity contribution in [3.8, 4) is 5.75 Å². The number of ether oxygens (including phenoxy) is 1. The van der Waals surface area contributed by atoms with Crippen molar-refractivity contribution in [2.75, 3.05) is 33.8 Å². The molecule has 0 fully saturated rings. The summed E-state index contributed by atoms with van der Waals surface area (Å²) in [6.45, 7) is 3.56. The van der Waals surface area contributed by atoms with E-state index in [1.165, 1.54) is 16.7 Å². The molecule has 0 aromatic heterocycles. The van der Waals surface area contributed by atoms with Gasteiger partial charge in [0, 0.05) is 18.7 Å². The number of methoxy groups -OCH3 is 1. The Labute approximate surface area is 162 Å². The Balaban J connectivity index is 0.000000279. The van der Waals surface area contributed by atoms with E-state index in [-0.39, 0.29) is 6.10 Å². The van der Waals surface area contributed by atoms with Crippen LogP contribution in [-0.2, 0) is 11.2 Å². The summed E-state index contributed by atoms with van der Waals surface area (Å²) in [5.74, 6) is 0.969. The highest BCUT2D eigenvalue weighted by atomic mass is 16.5. The lowest BCUT2D eigenvalue weighted by atomic mass is 9.88. The second-order valence-electron chi connectivity index (χ2n) is 6.75. The van der Waals surface area contributed by atoms with Crippen LogP contribution in [0.5, 0.6) is 5.75 Å². The predicted molar refractivity (Wildman–Crippen MR) is 108 cm³/mol. The molecule has 3 rings (SSSR count). The quantitative estimate of drug-likeness (QED) is 0.604. The Hall–Kier alpha value is -2.21. The summed E-state index contributed by atoms with van der Waals surface area (Å²) >= 11 is 0. The fourth-order valence-electron chi connectivity index (χ4n) is 3.34. The van der Waals surface area contributed by atoms with Crippen molar-refractivity contribution >= 4 is 6.29 Å². The van der Waals surface area contributed by atoms with Crippen LogP contribution in [0.4, 0.5) is 0 Å². The molecule has 1 aliphatic rings. The molecule has 2 aromatic rings. The summed E-state index contributed by atoms with van der Waals surface area (Å²) in [6.07, 6.45) is 1.52. The van der Waals surface area contributed by atoms with Crippen molar-refractivity contribution in [2.45, 2.75) is 25.5 Å². The first-order valence-corrected chi connectivity index (χ1v) is 9.31. The number of carbonyl (C=O) groups excluding carboxylic acids is 1. The number of benzene rings is 2. The van der Waals surface area contributed by atoms with E-state index in [1.54, 1.807) is 14.0 Å². The number of hydrogen-bond donors (Lipinski definition) is 2. The highest BCUT2D eigenvalue weighted by Crippen LogP contribution is 2.37. The van der Waals surface area contributed by atoms with Gasteiger partial charge in [-0.25, -0.2) is 0 Å². The lowest BCUT2D eigenvalue weighted by Crippen LogP contribution is -2.33. The van der Waals surface area contributed by atoms with E-state index in [0.717, 1.165) is 25.0 Å². The number of carbonyl (C=O) groups is 1. The maximum Gasteiger partial charge on any atom is 0.133 e. The Bertz CT molecular complexity index is 718. The summed E-state index contributed by atoms with van der Waals surface area (Å²) < 4.78 is 5.54. The number of rotatable bonds is 6. The van der Waals surface area contributed by atoms with Crippen LogP contribution in [0.3, 0.4) is 0 Å². The van der Waals surface area contributed by atoms with Crippen LogP contribution in [0.2, 0.25) is 0 Å². The molecule has 0 saturated heterocycles. The molecule has 0 saturated carbocycles. The molecule has 1 aliphatic heterocycles. The molecule has 2 atom stereocenters. The number of aliphatic hydroxyl groups excluding tert-OH is 1. The number of aliphatic hydroxyl groups is 1. The minimum atomic E-state index is -0.366. The fraction of sp³-hybridized carbons (Fsp3) is 0.409. The van der Waals surface area contributed by atoms with E-state index in [0.29, 0.717) is 19.1 Å². The summed E-state index contributed by atoms with van der Waals surface area (Å²) in [5, 5.41) is 11.3. The van der Waals surface area contributed by atoms with E-state index in [1.807, 2.05) is 12.1 Å². The second-order valence-corrected chi connectivity index (χ2v) is 6.75. The average molecular weight is 370 g/mol. The van der Waals surface area contributed by atoms with Crippen LogP contribution in [-0.4, -0.2) is 56.2 Å². The summed E-state index contributed by atoms with van der Waals surface area (Å²) in [7, 11) is 3.93. The first-order valence-electron chi connectivity index (χ1n) is 9.31. The lowest BCUT2D eigenvalue weighted by Gasteiger charge is -2.35. The van der Waals surface area contributed by atoms with Gasteiger partial charge in [-0.15, -0.1) is 0 Å². The van der Waals surface area contributed by atoms with Crippen molar-refractivity contribution in [1.29, 1.82) is 0 Å². The molecular weight excluding hydrogens is 340 g/mol. The van der Waals surface area contributed by atoms with E-state index in [9.17, 15) is 4.79 Å². The van der Waals surface area contributed by atoms with Crippen molar-refractivity contribution in [2.24, 2.45) is 0 Å². The molecule has 0 amide bonds. The van der Waals surface area contributed by atoms with Crippen LogP contribution in [0.15, 0.2) is 48.5 Å². The fourth-order valence-corrected chi connectivity index (χ4v) is 3.34. The van der Waals surface area contributed by atoms with Crippen LogP contribution >= 0.6 is 0 Å². The Morgan fingerprint density at radius 3 is 2.56 bits per heavy atom. The van der Waals surface area contributed by atoms with Gasteiger partial charge in [0.25, 0.3) is 0 Å². The molecule has 5 nitrogen and oxygen atoms in total. The van der Waals surface area contributed by atoms with Crippen molar-refractivity contribution < 1.29 is 14.6 Å². The topological polar surface area (TPSA) is 61.8 Å². The highest BCUT2D eigenvalue weighted by molar-refractivity contribution is 5.51. The zero-order chi connectivity index (χ0) is 19.6. The van der Waals surface area contributed by atoms with Gasteiger partial charge in [0.2, 0.25) is 0 Å². The van der Waals surface area contributed by atoms with Crippen molar-refractivity contribution in [1.82, 2.24) is 10.2 Å². The molecule has 1 heterocycles. The third kappa shape index (κ3) is 5.89. The lowest BCUT2D eigenvalue weighted by molar-refractivity contribution is -0.107. The Morgan fingerprint density at radius 1 is 1.22 bits per heavy atom. The van der Waals surface area contributed by atoms with E-state index in [2.05, 4.69) is 53.7 Å². The maximum atomic E-state index is 9.64. The largest absolute Gasteiger partial charge is 0.496 e. The SMILES string of the molecule is CC(O)CNCC=O.COc1ccccc1C1c2ccccc2CCN1C. The van der Waals surface area contributed by atoms with Gasteiger partial charge in [0.15, 0.2) is 0 Å². The summed E-state index contributed by atoms with van der Waals surface area (Å²) in [5.41, 5.74) is 4.11. The molecular formula is C22H30N2O3. The van der Waals surface area contributed by atoms with Crippen LogP contribution in [0, 0.1) is 0 Å². The minimum absolute atomic E-state index is 0.293. The number of nitrogens with zero attached hydrogens (tertiary/aromatic N) is 1. The number of likely N-dealkylation sites (N-methyl/N-ethyl adjacent to an activating group) is 1. The highest BCUT2D eigenvalue weighted by Gasteiger charge is 2.27. The molecule has 146 valence electrons. The molecule has 2 N–H and O–H groups in total. The van der Waals surface area contributed by atoms with Gasteiger partial charge in [-0.3, -0.25) is 4.90 Å². The standard InChI is InChI=1S/C17H19NO.C5H11NO2/c1-18-12-11-13-7-3-4-8-14(13)17(18)15-9-5-6-10-16(15)19-2;1-5(8)4-6-2-3-7/h3-10,17H,11-12H2,1-2H3;3,5-6,8H,2,4H2,1H3. The molecule has 27 heavy (non-hydrogen) atoms. The van der Waals surface area contributed by atoms with Gasteiger partial charge >= 0.3 is 0 Å². The van der Waals surface area contributed by atoms with Crippen LogP contribution in [0.25, 0.3) is 0 Å². The van der Waals surface area contributed by atoms with Crippen molar-refractivity contribution in [3.63, 3.8) is 0 Å². The van der Waals surface area contributed by atoms with Gasteiger partial charge in [0.05, 0.1) is 25.8 Å². The first-order chi connectivity index (χ1) is 13.1. The number of nitrogens with one attached hydrogen (secondary N) is 1. The smallest absolute Gasteiger partial charge is 0.133 e. The first kappa shape index (κ1) is 21.1. The molecule has 0 aliphatic carbocycles. The monoisotopic (exact) mass is 370 g/mol. The molecule has 0 bridgehead atoms. The predicted octanol–water partition coefficient (Wildman–Crippen LogP) is 2.43. The molecule has 2 unspecified atom stereocenters. The van der Waals surface area contributed by atoms with Gasteiger partial charge in [-0.2, -0.15) is 0 Å². The Morgan fingerprint density at radius 2 is 1.89 bits per heavy atom. The zero-order valence-corrected chi connectivity index (χ0v) is 16.4. The third-order valence-corrected chi connectivity index (χ3v) is 4.63. The minimum Gasteiger partial charge on any atom is -0.496 e. The number of aldehydes is 1. The third-order valence-electron chi connectivity index (χ3n) is 4.63. The molecule has 5 heteroatoms. The van der Waals surface area contributed by atoms with Gasteiger partial charge in [0.1, 0.15) is 12.0 Å². The van der Waals surface area contributed by atoms with Crippen LogP contribution < -0.4 is 10.1 Å². The van der Waals surface area contributed by atoms with E-state index in [4.69, 9.17) is 9.84 Å². The Kier molecular flexibility index (Phi) is 8.45. The maximum absolute atomic E-state index is 9.64.